The number of piperidine rings is 1. The van der Waals surface area contributed by atoms with Crippen molar-refractivity contribution in [2.45, 2.75) is 39.2 Å². The van der Waals surface area contributed by atoms with Crippen molar-refractivity contribution in [3.8, 4) is 0 Å². The minimum atomic E-state index is 0.113. The molecule has 0 aromatic rings. The third-order valence-corrected chi connectivity index (χ3v) is 3.54. The van der Waals surface area contributed by atoms with Crippen LogP contribution in [-0.2, 0) is 4.79 Å². The molecule has 3 unspecified atom stereocenters. The van der Waals surface area contributed by atoms with Crippen molar-refractivity contribution in [1.29, 1.82) is 0 Å². The summed E-state index contributed by atoms with van der Waals surface area (Å²) in [5.74, 6) is 1.67. The van der Waals surface area contributed by atoms with Crippen LogP contribution in [0.2, 0.25) is 0 Å². The van der Waals surface area contributed by atoms with Crippen LogP contribution in [-0.4, -0.2) is 36.5 Å². The van der Waals surface area contributed by atoms with Crippen LogP contribution >= 0.6 is 0 Å². The summed E-state index contributed by atoms with van der Waals surface area (Å²) >= 11 is 0. The van der Waals surface area contributed by atoms with Crippen molar-refractivity contribution in [2.24, 2.45) is 11.8 Å². The van der Waals surface area contributed by atoms with E-state index in [4.69, 9.17) is 0 Å². The second-order valence-electron chi connectivity index (χ2n) is 5.34. The maximum Gasteiger partial charge on any atom is 0.239 e. The summed E-state index contributed by atoms with van der Waals surface area (Å²) in [5, 5.41) is 3.29. The Morgan fingerprint density at radius 2 is 1.93 bits per heavy atom. The lowest BCUT2D eigenvalue weighted by Crippen LogP contribution is -2.49. The minimum Gasteiger partial charge on any atom is -0.341 e. The molecular formula is C12H22N2O. The van der Waals surface area contributed by atoms with Gasteiger partial charge in [0.25, 0.3) is 0 Å². The summed E-state index contributed by atoms with van der Waals surface area (Å²) in [7, 11) is 0. The Morgan fingerprint density at radius 1 is 1.27 bits per heavy atom. The topological polar surface area (TPSA) is 32.3 Å². The number of carbonyl (C=O) groups is 1. The first kappa shape index (κ1) is 10.9. The highest BCUT2D eigenvalue weighted by Gasteiger charge is 2.31. The Hall–Kier alpha value is -0.570. The van der Waals surface area contributed by atoms with E-state index >= 15 is 0 Å². The van der Waals surface area contributed by atoms with Crippen LogP contribution in [0.5, 0.6) is 0 Å². The van der Waals surface area contributed by atoms with Crippen molar-refractivity contribution < 1.29 is 4.79 Å². The Morgan fingerprint density at radius 3 is 2.47 bits per heavy atom. The van der Waals surface area contributed by atoms with Crippen LogP contribution in [0.1, 0.15) is 33.1 Å². The quantitative estimate of drug-likeness (QED) is 0.706. The lowest BCUT2D eigenvalue weighted by atomic mass is 9.91. The molecule has 0 saturated carbocycles. The average Bonchev–Trinajstić information content (AvgIpc) is 2.67. The molecule has 86 valence electrons. The zero-order chi connectivity index (χ0) is 10.8. The van der Waals surface area contributed by atoms with Crippen molar-refractivity contribution in [3.63, 3.8) is 0 Å². The molecule has 3 heteroatoms. The second kappa shape index (κ2) is 4.52. The van der Waals surface area contributed by atoms with Crippen LogP contribution in [0, 0.1) is 11.8 Å². The number of amides is 1. The molecule has 2 heterocycles. The second-order valence-corrected chi connectivity index (χ2v) is 5.34. The third kappa shape index (κ3) is 2.51. The van der Waals surface area contributed by atoms with E-state index in [1.807, 2.05) is 0 Å². The monoisotopic (exact) mass is 210 g/mol. The van der Waals surface area contributed by atoms with Crippen molar-refractivity contribution in [2.75, 3.05) is 19.6 Å². The van der Waals surface area contributed by atoms with Gasteiger partial charge < -0.3 is 10.2 Å². The molecular weight excluding hydrogens is 188 g/mol. The number of hydrogen-bond donors (Lipinski definition) is 1. The highest BCUT2D eigenvalue weighted by molar-refractivity contribution is 5.82. The fourth-order valence-corrected chi connectivity index (χ4v) is 2.96. The van der Waals surface area contributed by atoms with E-state index in [1.54, 1.807) is 0 Å². The lowest BCUT2D eigenvalue weighted by molar-refractivity contribution is -0.135. The van der Waals surface area contributed by atoms with Crippen LogP contribution in [0.3, 0.4) is 0 Å². The molecule has 2 saturated heterocycles. The standard InChI is InChI=1S/C12H22N2O/c1-9-6-10(2)8-14(7-9)12(15)11-4-3-5-13-11/h9-11,13H,3-8H2,1-2H3. The predicted octanol–water partition coefficient (Wildman–Crippen LogP) is 1.24. The first-order chi connectivity index (χ1) is 7.16. The number of nitrogens with one attached hydrogen (secondary N) is 1. The van der Waals surface area contributed by atoms with Gasteiger partial charge in [0.2, 0.25) is 5.91 Å². The summed E-state index contributed by atoms with van der Waals surface area (Å²) in [4.78, 5) is 14.2. The number of carbonyl (C=O) groups excluding carboxylic acids is 1. The van der Waals surface area contributed by atoms with Crippen molar-refractivity contribution in [3.05, 3.63) is 0 Å². The highest BCUT2D eigenvalue weighted by Crippen LogP contribution is 2.22. The number of likely N-dealkylation sites (tertiary alicyclic amines) is 1. The molecule has 1 amide bonds. The van der Waals surface area contributed by atoms with Gasteiger partial charge in [-0.2, -0.15) is 0 Å². The predicted molar refractivity (Wildman–Crippen MR) is 60.5 cm³/mol. The average molecular weight is 210 g/mol. The number of nitrogens with zero attached hydrogens (tertiary/aromatic N) is 1. The zero-order valence-electron chi connectivity index (χ0n) is 9.83. The molecule has 3 nitrogen and oxygen atoms in total. The minimum absolute atomic E-state index is 0.113. The van der Waals surface area contributed by atoms with Crippen LogP contribution < -0.4 is 5.32 Å². The summed E-state index contributed by atoms with van der Waals surface area (Å²) in [6.45, 7) is 7.42. The van der Waals surface area contributed by atoms with Gasteiger partial charge in [0.1, 0.15) is 0 Å². The van der Waals surface area contributed by atoms with E-state index in [0.717, 1.165) is 32.5 Å². The first-order valence-electron chi connectivity index (χ1n) is 6.19. The van der Waals surface area contributed by atoms with E-state index in [2.05, 4.69) is 24.1 Å². The SMILES string of the molecule is CC1CC(C)CN(C(=O)C2CCCN2)C1. The molecule has 2 aliphatic heterocycles. The number of rotatable bonds is 1. The molecule has 1 N–H and O–H groups in total. The van der Waals surface area contributed by atoms with Gasteiger partial charge in [-0.1, -0.05) is 13.8 Å². The third-order valence-electron chi connectivity index (χ3n) is 3.54. The van der Waals surface area contributed by atoms with Crippen LogP contribution in [0.25, 0.3) is 0 Å². The van der Waals surface area contributed by atoms with E-state index in [-0.39, 0.29) is 6.04 Å². The van der Waals surface area contributed by atoms with Crippen LogP contribution in [0.4, 0.5) is 0 Å². The lowest BCUT2D eigenvalue weighted by Gasteiger charge is -2.36. The molecule has 0 bridgehead atoms. The summed E-state index contributed by atoms with van der Waals surface area (Å²) in [5.41, 5.74) is 0. The molecule has 2 rings (SSSR count). The van der Waals surface area contributed by atoms with E-state index in [1.165, 1.54) is 6.42 Å². The van der Waals surface area contributed by atoms with E-state index < -0.39 is 0 Å². The molecule has 3 atom stereocenters. The molecule has 0 radical (unpaired) electrons. The zero-order valence-corrected chi connectivity index (χ0v) is 9.83. The summed E-state index contributed by atoms with van der Waals surface area (Å²) in [6, 6.07) is 0.113. The van der Waals surface area contributed by atoms with Crippen molar-refractivity contribution in [1.82, 2.24) is 10.2 Å². The van der Waals surface area contributed by atoms with Gasteiger partial charge in [0.15, 0.2) is 0 Å². The Kier molecular flexibility index (Phi) is 3.29. The normalized spacial score (nSPS) is 36.9. The number of hydrogen-bond acceptors (Lipinski definition) is 2. The van der Waals surface area contributed by atoms with Gasteiger partial charge in [-0.25, -0.2) is 0 Å². The fraction of sp³-hybridized carbons (Fsp3) is 0.917. The summed E-state index contributed by atoms with van der Waals surface area (Å²) in [6.07, 6.45) is 3.44. The van der Waals surface area contributed by atoms with E-state index in [0.29, 0.717) is 17.7 Å². The Labute approximate surface area is 92.2 Å². The Balaban J connectivity index is 1.93. The van der Waals surface area contributed by atoms with Crippen LogP contribution in [0.15, 0.2) is 0 Å². The Bertz CT molecular complexity index is 226. The van der Waals surface area contributed by atoms with Crippen molar-refractivity contribution >= 4 is 5.91 Å². The summed E-state index contributed by atoms with van der Waals surface area (Å²) < 4.78 is 0. The van der Waals surface area contributed by atoms with E-state index in [9.17, 15) is 4.79 Å². The van der Waals surface area contributed by atoms with Gasteiger partial charge >= 0.3 is 0 Å². The fourth-order valence-electron chi connectivity index (χ4n) is 2.96. The van der Waals surface area contributed by atoms with Gasteiger partial charge in [-0.05, 0) is 37.6 Å². The van der Waals surface area contributed by atoms with Gasteiger partial charge in [-0.3, -0.25) is 4.79 Å². The molecule has 0 aromatic carbocycles. The smallest absolute Gasteiger partial charge is 0.239 e. The molecule has 2 aliphatic rings. The highest BCUT2D eigenvalue weighted by atomic mass is 16.2. The molecule has 15 heavy (non-hydrogen) atoms. The van der Waals surface area contributed by atoms with Gasteiger partial charge in [-0.15, -0.1) is 0 Å². The maximum absolute atomic E-state index is 12.2. The molecule has 0 aromatic heterocycles. The molecule has 0 spiro atoms. The molecule has 0 aliphatic carbocycles. The van der Waals surface area contributed by atoms with Gasteiger partial charge in [0, 0.05) is 13.1 Å². The largest absolute Gasteiger partial charge is 0.341 e. The first-order valence-corrected chi connectivity index (χ1v) is 6.19. The molecule has 2 fully saturated rings. The van der Waals surface area contributed by atoms with Gasteiger partial charge in [0.05, 0.1) is 6.04 Å². The maximum atomic E-state index is 12.2.